The lowest BCUT2D eigenvalue weighted by Gasteiger charge is -2.11. The van der Waals surface area contributed by atoms with Gasteiger partial charge >= 0.3 is 0 Å². The zero-order chi connectivity index (χ0) is 20.8. The Kier molecular flexibility index (Phi) is 5.44. The standard InChI is InChI=1S/C17H10Cl2F4N2O2S/c1-28(26,27)16-6-11(20)15(5-12(16)21)25-14(7-13(24-25)17(22)23)8-2-9(18)4-10(19)3-8/h2-7,17H,1H3. The van der Waals surface area contributed by atoms with Crippen LogP contribution in [0.4, 0.5) is 17.6 Å². The summed E-state index contributed by atoms with van der Waals surface area (Å²) >= 11 is 11.9. The Morgan fingerprint density at radius 2 is 1.57 bits per heavy atom. The van der Waals surface area contributed by atoms with Gasteiger partial charge in [0, 0.05) is 27.9 Å². The van der Waals surface area contributed by atoms with E-state index in [1.807, 2.05) is 0 Å². The summed E-state index contributed by atoms with van der Waals surface area (Å²) in [5, 5.41) is 4.01. The van der Waals surface area contributed by atoms with Gasteiger partial charge in [-0.15, -0.1) is 0 Å². The summed E-state index contributed by atoms with van der Waals surface area (Å²) in [5.74, 6) is -2.41. The molecular weight excluding hydrogens is 443 g/mol. The summed E-state index contributed by atoms with van der Waals surface area (Å²) in [4.78, 5) is -0.859. The smallest absolute Gasteiger partial charge is 0.230 e. The van der Waals surface area contributed by atoms with Gasteiger partial charge in [0.15, 0.2) is 9.84 Å². The van der Waals surface area contributed by atoms with Crippen LogP contribution in [0.3, 0.4) is 0 Å². The van der Waals surface area contributed by atoms with Gasteiger partial charge in [-0.25, -0.2) is 30.7 Å². The van der Waals surface area contributed by atoms with Crippen LogP contribution in [0.2, 0.25) is 10.0 Å². The van der Waals surface area contributed by atoms with Crippen molar-refractivity contribution in [2.45, 2.75) is 11.3 Å². The van der Waals surface area contributed by atoms with Crippen molar-refractivity contribution in [2.75, 3.05) is 6.26 Å². The molecule has 0 aliphatic rings. The second-order valence-corrected chi connectivity index (χ2v) is 8.69. The first-order valence-corrected chi connectivity index (χ1v) is 10.2. The molecule has 4 nitrogen and oxygen atoms in total. The zero-order valence-electron chi connectivity index (χ0n) is 13.9. The molecule has 0 N–H and O–H groups in total. The van der Waals surface area contributed by atoms with E-state index in [-0.39, 0.29) is 21.3 Å². The van der Waals surface area contributed by atoms with Crippen molar-refractivity contribution in [1.29, 1.82) is 0 Å². The Morgan fingerprint density at radius 1 is 0.964 bits per heavy atom. The minimum absolute atomic E-state index is 0.0369. The Bertz CT molecular complexity index is 1160. The summed E-state index contributed by atoms with van der Waals surface area (Å²) in [6.07, 6.45) is -2.27. The van der Waals surface area contributed by atoms with Crippen LogP contribution >= 0.6 is 23.2 Å². The molecular formula is C17H10Cl2F4N2O2S. The Morgan fingerprint density at radius 3 is 2.11 bits per heavy atom. The maximum Gasteiger partial charge on any atom is 0.282 e. The van der Waals surface area contributed by atoms with E-state index < -0.39 is 44.2 Å². The molecule has 0 amide bonds. The summed E-state index contributed by atoms with van der Waals surface area (Å²) in [5.41, 5.74) is -1.06. The van der Waals surface area contributed by atoms with Gasteiger partial charge in [0.05, 0.1) is 5.69 Å². The van der Waals surface area contributed by atoms with E-state index in [0.29, 0.717) is 18.4 Å². The minimum atomic E-state index is -4.04. The van der Waals surface area contributed by atoms with Crippen molar-refractivity contribution in [3.63, 3.8) is 0 Å². The molecule has 28 heavy (non-hydrogen) atoms. The second-order valence-electron chi connectivity index (χ2n) is 5.83. The predicted molar refractivity (Wildman–Crippen MR) is 97.0 cm³/mol. The van der Waals surface area contributed by atoms with Crippen LogP contribution in [0.25, 0.3) is 16.9 Å². The average molecular weight is 453 g/mol. The lowest BCUT2D eigenvalue weighted by atomic mass is 10.1. The van der Waals surface area contributed by atoms with Crippen LogP contribution in [-0.2, 0) is 9.84 Å². The van der Waals surface area contributed by atoms with Crippen LogP contribution in [0.1, 0.15) is 12.1 Å². The maximum absolute atomic E-state index is 14.6. The molecule has 0 atom stereocenters. The minimum Gasteiger partial charge on any atom is -0.230 e. The molecule has 0 unspecified atom stereocenters. The van der Waals surface area contributed by atoms with Gasteiger partial charge in [-0.1, -0.05) is 23.2 Å². The molecule has 0 bridgehead atoms. The molecule has 0 saturated heterocycles. The first-order chi connectivity index (χ1) is 13.0. The normalized spacial score (nSPS) is 12.0. The largest absolute Gasteiger partial charge is 0.282 e. The molecule has 0 spiro atoms. The van der Waals surface area contributed by atoms with E-state index in [4.69, 9.17) is 23.2 Å². The van der Waals surface area contributed by atoms with E-state index in [1.54, 1.807) is 0 Å². The highest BCUT2D eigenvalue weighted by atomic mass is 35.5. The van der Waals surface area contributed by atoms with Gasteiger partial charge in [-0.3, -0.25) is 0 Å². The molecule has 0 fully saturated rings. The second kappa shape index (κ2) is 7.38. The molecule has 2 aromatic carbocycles. The van der Waals surface area contributed by atoms with E-state index in [2.05, 4.69) is 5.10 Å². The summed E-state index contributed by atoms with van der Waals surface area (Å²) in [7, 11) is -4.04. The van der Waals surface area contributed by atoms with Crippen molar-refractivity contribution in [3.05, 3.63) is 63.8 Å². The Balaban J connectivity index is 2.29. The molecule has 0 radical (unpaired) electrons. The number of halogens is 6. The van der Waals surface area contributed by atoms with Gasteiger partial charge in [0.2, 0.25) is 0 Å². The molecule has 1 aromatic heterocycles. The number of hydrogen-bond donors (Lipinski definition) is 0. The van der Waals surface area contributed by atoms with Crippen LogP contribution in [0.15, 0.2) is 41.3 Å². The van der Waals surface area contributed by atoms with Gasteiger partial charge in [-0.05, 0) is 30.3 Å². The molecule has 3 aromatic rings. The highest BCUT2D eigenvalue weighted by Gasteiger charge is 2.23. The molecule has 148 valence electrons. The highest BCUT2D eigenvalue weighted by Crippen LogP contribution is 2.33. The van der Waals surface area contributed by atoms with Gasteiger partial charge in [0.25, 0.3) is 6.43 Å². The van der Waals surface area contributed by atoms with Gasteiger partial charge in [-0.2, -0.15) is 5.10 Å². The molecule has 11 heteroatoms. The van der Waals surface area contributed by atoms with Crippen molar-refractivity contribution in [1.82, 2.24) is 9.78 Å². The fourth-order valence-electron chi connectivity index (χ4n) is 2.56. The Labute approximate surface area is 167 Å². The lowest BCUT2D eigenvalue weighted by Crippen LogP contribution is -2.08. The van der Waals surface area contributed by atoms with Crippen molar-refractivity contribution in [2.24, 2.45) is 0 Å². The first-order valence-electron chi connectivity index (χ1n) is 7.51. The third-order valence-electron chi connectivity index (χ3n) is 3.74. The summed E-state index contributed by atoms with van der Waals surface area (Å²) in [6.45, 7) is 0. The number of sulfone groups is 1. The molecule has 0 aliphatic heterocycles. The fourth-order valence-corrected chi connectivity index (χ4v) is 3.82. The quantitative estimate of drug-likeness (QED) is 0.493. The van der Waals surface area contributed by atoms with E-state index in [9.17, 15) is 26.0 Å². The Hall–Kier alpha value is -2.10. The van der Waals surface area contributed by atoms with Gasteiger partial charge in [0.1, 0.15) is 27.9 Å². The van der Waals surface area contributed by atoms with E-state index in [1.165, 1.54) is 18.2 Å². The first kappa shape index (κ1) is 20.6. The van der Waals surface area contributed by atoms with Crippen LogP contribution in [-0.4, -0.2) is 24.5 Å². The average Bonchev–Trinajstić information content (AvgIpc) is 3.00. The lowest BCUT2D eigenvalue weighted by molar-refractivity contribution is 0.145. The fraction of sp³-hybridized carbons (Fsp3) is 0.118. The third-order valence-corrected chi connectivity index (χ3v) is 5.29. The van der Waals surface area contributed by atoms with Crippen LogP contribution in [0, 0.1) is 11.6 Å². The van der Waals surface area contributed by atoms with E-state index in [0.717, 1.165) is 10.7 Å². The van der Waals surface area contributed by atoms with E-state index >= 15 is 0 Å². The molecule has 0 aliphatic carbocycles. The van der Waals surface area contributed by atoms with Crippen LogP contribution < -0.4 is 0 Å². The number of hydrogen-bond acceptors (Lipinski definition) is 3. The van der Waals surface area contributed by atoms with Crippen LogP contribution in [0.5, 0.6) is 0 Å². The number of aromatic nitrogens is 2. The number of nitrogens with zero attached hydrogens (tertiary/aromatic N) is 2. The predicted octanol–water partition coefficient (Wildman–Crippen LogP) is 5.47. The monoisotopic (exact) mass is 452 g/mol. The van der Waals surface area contributed by atoms with Crippen molar-refractivity contribution < 1.29 is 26.0 Å². The van der Waals surface area contributed by atoms with Crippen molar-refractivity contribution in [3.8, 4) is 16.9 Å². The zero-order valence-corrected chi connectivity index (χ0v) is 16.3. The molecule has 1 heterocycles. The number of rotatable bonds is 4. The SMILES string of the molecule is CS(=O)(=O)c1cc(F)c(-n2nc(C(F)F)cc2-c2cc(Cl)cc(Cl)c2)cc1F. The summed E-state index contributed by atoms with van der Waals surface area (Å²) in [6, 6.07) is 6.20. The summed E-state index contributed by atoms with van der Waals surface area (Å²) < 4.78 is 79.0. The third kappa shape index (κ3) is 4.01. The van der Waals surface area contributed by atoms with Crippen molar-refractivity contribution >= 4 is 33.0 Å². The van der Waals surface area contributed by atoms with Gasteiger partial charge < -0.3 is 0 Å². The topological polar surface area (TPSA) is 52.0 Å². The maximum atomic E-state index is 14.6. The molecule has 3 rings (SSSR count). The molecule has 0 saturated carbocycles. The number of benzene rings is 2. The highest BCUT2D eigenvalue weighted by molar-refractivity contribution is 7.90. The number of alkyl halides is 2.